The molecule has 0 unspecified atom stereocenters. The summed E-state index contributed by atoms with van der Waals surface area (Å²) in [6, 6.07) is 11.9. The lowest BCUT2D eigenvalue weighted by atomic mass is 10.2. The molecule has 0 bridgehead atoms. The Bertz CT molecular complexity index is 929. The van der Waals surface area contributed by atoms with E-state index in [-0.39, 0.29) is 5.56 Å². The third-order valence-corrected chi connectivity index (χ3v) is 4.69. The van der Waals surface area contributed by atoms with Crippen molar-refractivity contribution in [3.05, 3.63) is 64.7 Å². The van der Waals surface area contributed by atoms with Gasteiger partial charge in [-0.3, -0.25) is 4.79 Å². The summed E-state index contributed by atoms with van der Waals surface area (Å²) in [4.78, 5) is 26.3. The zero-order valence-corrected chi connectivity index (χ0v) is 14.3. The van der Waals surface area contributed by atoms with Gasteiger partial charge in [-0.15, -0.1) is 0 Å². The molecule has 4 rings (SSSR count). The monoisotopic (exact) mass is 335 g/mol. The molecule has 6 heteroatoms. The molecule has 1 aromatic carbocycles. The van der Waals surface area contributed by atoms with E-state index in [9.17, 15) is 4.79 Å². The third-order valence-electron chi connectivity index (χ3n) is 4.69. The van der Waals surface area contributed by atoms with Gasteiger partial charge in [-0.25, -0.2) is 9.97 Å². The van der Waals surface area contributed by atoms with Gasteiger partial charge in [0.15, 0.2) is 0 Å². The Morgan fingerprint density at radius 3 is 2.56 bits per heavy atom. The average Bonchev–Trinajstić information content (AvgIpc) is 2.65. The highest BCUT2D eigenvalue weighted by Crippen LogP contribution is 2.14. The molecule has 0 radical (unpaired) electrons. The minimum atomic E-state index is -0.0497. The summed E-state index contributed by atoms with van der Waals surface area (Å²) in [7, 11) is 2.12. The average molecular weight is 335 g/mol. The molecule has 0 spiro atoms. The maximum atomic E-state index is 12.7. The van der Waals surface area contributed by atoms with Crippen molar-refractivity contribution in [3.8, 4) is 0 Å². The highest BCUT2D eigenvalue weighted by atomic mass is 16.1. The Morgan fingerprint density at radius 1 is 1.04 bits per heavy atom. The molecule has 0 aliphatic carbocycles. The van der Waals surface area contributed by atoms with Gasteiger partial charge in [0.05, 0.1) is 17.4 Å². The lowest BCUT2D eigenvalue weighted by Crippen LogP contribution is -2.45. The van der Waals surface area contributed by atoms with Gasteiger partial charge in [-0.1, -0.05) is 30.3 Å². The molecule has 3 heterocycles. The normalized spacial score (nSPS) is 15.6. The first-order valence-electron chi connectivity index (χ1n) is 8.54. The largest absolute Gasteiger partial charge is 0.338 e. The van der Waals surface area contributed by atoms with Gasteiger partial charge in [-0.2, -0.15) is 0 Å². The van der Waals surface area contributed by atoms with Crippen LogP contribution in [-0.2, 0) is 6.54 Å². The van der Waals surface area contributed by atoms with E-state index >= 15 is 0 Å². The number of benzene rings is 1. The van der Waals surface area contributed by atoms with E-state index in [4.69, 9.17) is 0 Å². The maximum Gasteiger partial charge on any atom is 0.261 e. The second kappa shape index (κ2) is 6.64. The van der Waals surface area contributed by atoms with Crippen molar-refractivity contribution in [2.24, 2.45) is 0 Å². The van der Waals surface area contributed by atoms with Crippen molar-refractivity contribution in [3.63, 3.8) is 0 Å². The number of rotatable bonds is 3. The molecule has 0 N–H and O–H groups in total. The number of likely N-dealkylation sites (N-methyl/N-ethyl adjacent to an activating group) is 1. The Balaban J connectivity index is 1.64. The van der Waals surface area contributed by atoms with Crippen LogP contribution in [0.1, 0.15) is 5.56 Å². The van der Waals surface area contributed by atoms with Crippen LogP contribution in [0.15, 0.2) is 53.6 Å². The van der Waals surface area contributed by atoms with Crippen LogP contribution in [-0.4, -0.2) is 52.7 Å². The van der Waals surface area contributed by atoms with Gasteiger partial charge in [0.25, 0.3) is 5.56 Å². The molecule has 2 aromatic heterocycles. The van der Waals surface area contributed by atoms with Gasteiger partial charge >= 0.3 is 0 Å². The van der Waals surface area contributed by atoms with Crippen LogP contribution in [0.4, 0.5) is 5.95 Å². The van der Waals surface area contributed by atoms with Gasteiger partial charge in [-0.05, 0) is 18.7 Å². The second-order valence-corrected chi connectivity index (χ2v) is 6.49. The van der Waals surface area contributed by atoms with Crippen molar-refractivity contribution in [2.75, 3.05) is 38.1 Å². The van der Waals surface area contributed by atoms with Gasteiger partial charge in [0.1, 0.15) is 0 Å². The van der Waals surface area contributed by atoms with E-state index in [1.165, 1.54) is 0 Å². The molecule has 1 aliphatic heterocycles. The predicted molar refractivity (Wildman–Crippen MR) is 99.1 cm³/mol. The Hall–Kier alpha value is -2.73. The van der Waals surface area contributed by atoms with E-state index < -0.39 is 0 Å². The number of pyridine rings is 1. The van der Waals surface area contributed by atoms with Crippen LogP contribution >= 0.6 is 0 Å². The summed E-state index contributed by atoms with van der Waals surface area (Å²) < 4.78 is 1.70. The van der Waals surface area contributed by atoms with E-state index in [0.29, 0.717) is 23.4 Å². The van der Waals surface area contributed by atoms with E-state index in [1.807, 2.05) is 42.6 Å². The Labute approximate surface area is 146 Å². The highest BCUT2D eigenvalue weighted by molar-refractivity contribution is 5.77. The quantitative estimate of drug-likeness (QED) is 0.728. The van der Waals surface area contributed by atoms with Crippen LogP contribution in [0.5, 0.6) is 0 Å². The van der Waals surface area contributed by atoms with Gasteiger partial charge < -0.3 is 14.4 Å². The van der Waals surface area contributed by atoms with Crippen molar-refractivity contribution in [1.29, 1.82) is 0 Å². The van der Waals surface area contributed by atoms with Gasteiger partial charge in [0, 0.05) is 38.6 Å². The van der Waals surface area contributed by atoms with E-state index in [0.717, 1.165) is 31.7 Å². The molecule has 0 atom stereocenters. The minimum Gasteiger partial charge on any atom is -0.338 e. The smallest absolute Gasteiger partial charge is 0.261 e. The first-order chi connectivity index (χ1) is 12.2. The number of hydrogen-bond acceptors (Lipinski definition) is 5. The molecule has 1 saturated heterocycles. The summed E-state index contributed by atoms with van der Waals surface area (Å²) in [6.07, 6.45) is 3.48. The van der Waals surface area contributed by atoms with Crippen LogP contribution in [0.25, 0.3) is 10.9 Å². The molecule has 0 amide bonds. The number of piperazine rings is 1. The summed E-state index contributed by atoms with van der Waals surface area (Å²) in [5, 5.41) is 0.566. The van der Waals surface area contributed by atoms with Crippen LogP contribution in [0.3, 0.4) is 0 Å². The van der Waals surface area contributed by atoms with Crippen molar-refractivity contribution in [1.82, 2.24) is 19.4 Å². The predicted octanol–water partition coefficient (Wildman–Crippen LogP) is 1.59. The minimum absolute atomic E-state index is 0.0497. The van der Waals surface area contributed by atoms with Crippen molar-refractivity contribution in [2.45, 2.75) is 6.54 Å². The van der Waals surface area contributed by atoms with Crippen molar-refractivity contribution >= 4 is 16.9 Å². The fourth-order valence-electron chi connectivity index (χ4n) is 3.12. The number of anilines is 1. The molecular weight excluding hydrogens is 314 g/mol. The fourth-order valence-corrected chi connectivity index (χ4v) is 3.12. The Kier molecular flexibility index (Phi) is 4.19. The first-order valence-corrected chi connectivity index (χ1v) is 8.54. The molecule has 1 aliphatic rings. The van der Waals surface area contributed by atoms with Crippen LogP contribution in [0, 0.1) is 0 Å². The maximum absolute atomic E-state index is 12.7. The highest BCUT2D eigenvalue weighted by Gasteiger charge is 2.17. The third kappa shape index (κ3) is 3.25. The number of hydrogen-bond donors (Lipinski definition) is 0. The van der Waals surface area contributed by atoms with E-state index in [1.54, 1.807) is 10.8 Å². The van der Waals surface area contributed by atoms with Gasteiger partial charge in [0.2, 0.25) is 5.95 Å². The summed E-state index contributed by atoms with van der Waals surface area (Å²) >= 11 is 0. The standard InChI is InChI=1S/C19H21N5O/c1-22-9-11-23(12-10-22)19-20-13-16-17(21-19)7-8-24(18(16)25)14-15-5-3-2-4-6-15/h2-8,13H,9-12,14H2,1H3. The zero-order valence-electron chi connectivity index (χ0n) is 14.3. The molecule has 0 saturated carbocycles. The van der Waals surface area contributed by atoms with Crippen molar-refractivity contribution < 1.29 is 0 Å². The van der Waals surface area contributed by atoms with Crippen LogP contribution < -0.4 is 10.5 Å². The lowest BCUT2D eigenvalue weighted by molar-refractivity contribution is 0.311. The van der Waals surface area contributed by atoms with E-state index in [2.05, 4.69) is 26.8 Å². The number of nitrogens with zero attached hydrogens (tertiary/aromatic N) is 5. The number of fused-ring (bicyclic) bond motifs is 1. The molecule has 128 valence electrons. The fraction of sp³-hybridized carbons (Fsp3) is 0.316. The molecule has 3 aromatic rings. The molecular formula is C19H21N5O. The molecule has 25 heavy (non-hydrogen) atoms. The van der Waals surface area contributed by atoms with Crippen LogP contribution in [0.2, 0.25) is 0 Å². The first kappa shape index (κ1) is 15.8. The molecule has 1 fully saturated rings. The molecule has 6 nitrogen and oxygen atoms in total. The zero-order chi connectivity index (χ0) is 17.2. The lowest BCUT2D eigenvalue weighted by Gasteiger charge is -2.32. The second-order valence-electron chi connectivity index (χ2n) is 6.49. The Morgan fingerprint density at radius 2 is 1.80 bits per heavy atom. The summed E-state index contributed by atoms with van der Waals surface area (Å²) in [6.45, 7) is 4.37. The summed E-state index contributed by atoms with van der Waals surface area (Å²) in [5.74, 6) is 0.709. The topological polar surface area (TPSA) is 54.3 Å². The summed E-state index contributed by atoms with van der Waals surface area (Å²) in [5.41, 5.74) is 1.75. The SMILES string of the molecule is CN1CCN(c2ncc3c(=O)n(Cc4ccccc4)ccc3n2)CC1. The number of aromatic nitrogens is 3.